The molecular weight excluding hydrogens is 369 g/mol. The Kier molecular flexibility index (Phi) is 4.50. The molecule has 1 fully saturated rings. The predicted octanol–water partition coefficient (Wildman–Crippen LogP) is 4.44. The Hall–Kier alpha value is -2.98. The summed E-state index contributed by atoms with van der Waals surface area (Å²) in [5, 5.41) is 13.9. The van der Waals surface area contributed by atoms with Crippen molar-refractivity contribution in [3.05, 3.63) is 48.1 Å². The van der Waals surface area contributed by atoms with E-state index in [1.54, 1.807) is 24.7 Å². The number of nitriles is 1. The number of hydrogen-bond acceptors (Lipinski definition) is 6. The molecule has 0 bridgehead atoms. The van der Waals surface area contributed by atoms with Crippen molar-refractivity contribution < 1.29 is 9.13 Å². The molecule has 1 saturated carbocycles. The first-order chi connectivity index (χ1) is 13.0. The topological polar surface area (TPSA) is 83.7 Å². The molecule has 27 heavy (non-hydrogen) atoms. The maximum atomic E-state index is 14.4. The third-order valence-corrected chi connectivity index (χ3v) is 4.72. The lowest BCUT2D eigenvalue weighted by Crippen LogP contribution is -2.44. The van der Waals surface area contributed by atoms with E-state index in [-0.39, 0.29) is 30.7 Å². The SMILES string of the molecule is N#CC1CC(F)(COc2ccc3c(Nc4cnc(Cl)nc4)nccc3c2)C1. The molecule has 2 aromatic heterocycles. The molecule has 0 amide bonds. The summed E-state index contributed by atoms with van der Waals surface area (Å²) in [6.45, 7) is -0.0466. The summed E-state index contributed by atoms with van der Waals surface area (Å²) in [7, 11) is 0. The van der Waals surface area contributed by atoms with Gasteiger partial charge in [-0.3, -0.25) is 0 Å². The van der Waals surface area contributed by atoms with Gasteiger partial charge in [0, 0.05) is 24.4 Å². The summed E-state index contributed by atoms with van der Waals surface area (Å²) in [5.41, 5.74) is -0.745. The second-order valence-electron chi connectivity index (χ2n) is 6.58. The van der Waals surface area contributed by atoms with E-state index in [0.29, 0.717) is 17.3 Å². The van der Waals surface area contributed by atoms with Crippen LogP contribution < -0.4 is 10.1 Å². The van der Waals surface area contributed by atoms with Gasteiger partial charge in [-0.15, -0.1) is 0 Å². The first-order valence-electron chi connectivity index (χ1n) is 8.39. The number of anilines is 2. The molecule has 0 unspecified atom stereocenters. The third-order valence-electron chi connectivity index (χ3n) is 4.52. The molecule has 1 aliphatic rings. The largest absolute Gasteiger partial charge is 0.490 e. The Bertz CT molecular complexity index is 1010. The van der Waals surface area contributed by atoms with Gasteiger partial charge in [0.1, 0.15) is 23.8 Å². The van der Waals surface area contributed by atoms with E-state index < -0.39 is 5.67 Å². The van der Waals surface area contributed by atoms with Gasteiger partial charge >= 0.3 is 0 Å². The Balaban J connectivity index is 1.50. The molecule has 0 aliphatic heterocycles. The number of nitrogens with one attached hydrogen (secondary N) is 1. The van der Waals surface area contributed by atoms with E-state index in [2.05, 4.69) is 26.3 Å². The molecule has 1 aliphatic carbocycles. The zero-order chi connectivity index (χ0) is 18.9. The molecule has 0 spiro atoms. The molecule has 0 radical (unpaired) electrons. The lowest BCUT2D eigenvalue weighted by atomic mass is 9.73. The first-order valence-corrected chi connectivity index (χ1v) is 8.77. The van der Waals surface area contributed by atoms with Gasteiger partial charge < -0.3 is 10.1 Å². The Labute approximate surface area is 160 Å². The third kappa shape index (κ3) is 3.76. The van der Waals surface area contributed by atoms with Crippen LogP contribution in [0, 0.1) is 17.2 Å². The number of alkyl halides is 1. The number of benzene rings is 1. The van der Waals surface area contributed by atoms with Crippen LogP contribution in [0.1, 0.15) is 12.8 Å². The fraction of sp³-hybridized carbons (Fsp3) is 0.263. The van der Waals surface area contributed by atoms with Crippen LogP contribution in [0.15, 0.2) is 42.9 Å². The standard InChI is InChI=1S/C19H15ClFN5O/c20-18-24-9-14(10-25-18)26-17-16-2-1-15(5-13(16)3-4-23-17)27-11-19(21)6-12(7-19)8-22/h1-5,9-10,12H,6-7,11H2,(H,23,26). The minimum atomic E-state index is -1.41. The van der Waals surface area contributed by atoms with Crippen molar-refractivity contribution in [2.75, 3.05) is 11.9 Å². The van der Waals surface area contributed by atoms with Crippen LogP contribution in [0.4, 0.5) is 15.9 Å². The van der Waals surface area contributed by atoms with Crippen molar-refractivity contribution >= 4 is 33.9 Å². The number of fused-ring (bicyclic) bond motifs is 1. The van der Waals surface area contributed by atoms with E-state index in [1.165, 1.54) is 0 Å². The number of ether oxygens (including phenoxy) is 1. The highest BCUT2D eigenvalue weighted by Crippen LogP contribution is 2.41. The summed E-state index contributed by atoms with van der Waals surface area (Å²) >= 11 is 5.70. The Morgan fingerprint density at radius 2 is 2.04 bits per heavy atom. The van der Waals surface area contributed by atoms with E-state index >= 15 is 0 Å². The second kappa shape index (κ2) is 6.97. The highest BCUT2D eigenvalue weighted by molar-refractivity contribution is 6.28. The molecule has 4 rings (SSSR count). The van der Waals surface area contributed by atoms with Crippen molar-refractivity contribution in [1.82, 2.24) is 15.0 Å². The fourth-order valence-electron chi connectivity index (χ4n) is 3.10. The maximum Gasteiger partial charge on any atom is 0.222 e. The van der Waals surface area contributed by atoms with Crippen LogP contribution in [-0.4, -0.2) is 27.2 Å². The highest BCUT2D eigenvalue weighted by atomic mass is 35.5. The van der Waals surface area contributed by atoms with Crippen LogP contribution in [0.3, 0.4) is 0 Å². The summed E-state index contributed by atoms with van der Waals surface area (Å²) < 4.78 is 20.0. The minimum Gasteiger partial charge on any atom is -0.490 e. The summed E-state index contributed by atoms with van der Waals surface area (Å²) in [6, 6.07) is 9.41. The molecule has 1 aromatic carbocycles. The van der Waals surface area contributed by atoms with Gasteiger partial charge in [0.2, 0.25) is 5.28 Å². The van der Waals surface area contributed by atoms with Gasteiger partial charge in [0.25, 0.3) is 0 Å². The van der Waals surface area contributed by atoms with Crippen LogP contribution >= 0.6 is 11.6 Å². The van der Waals surface area contributed by atoms with E-state index in [0.717, 1.165) is 10.8 Å². The number of rotatable bonds is 5. The van der Waals surface area contributed by atoms with E-state index in [1.807, 2.05) is 18.2 Å². The number of aromatic nitrogens is 3. The number of pyridine rings is 1. The Morgan fingerprint density at radius 1 is 1.26 bits per heavy atom. The second-order valence-corrected chi connectivity index (χ2v) is 6.92. The fourth-order valence-corrected chi connectivity index (χ4v) is 3.20. The predicted molar refractivity (Wildman–Crippen MR) is 99.7 cm³/mol. The van der Waals surface area contributed by atoms with E-state index in [4.69, 9.17) is 21.6 Å². The summed E-state index contributed by atoms with van der Waals surface area (Å²) in [4.78, 5) is 12.2. The van der Waals surface area contributed by atoms with Gasteiger partial charge in [-0.1, -0.05) is 0 Å². The lowest BCUT2D eigenvalue weighted by Gasteiger charge is -2.37. The number of halogens is 2. The lowest BCUT2D eigenvalue weighted by molar-refractivity contribution is -0.0124. The van der Waals surface area contributed by atoms with Gasteiger partial charge in [-0.05, 0) is 41.3 Å². The van der Waals surface area contributed by atoms with Gasteiger partial charge in [-0.25, -0.2) is 19.3 Å². The molecule has 0 saturated heterocycles. The molecule has 136 valence electrons. The maximum absolute atomic E-state index is 14.4. The van der Waals surface area contributed by atoms with Crippen molar-refractivity contribution in [1.29, 1.82) is 5.26 Å². The molecule has 1 N–H and O–H groups in total. The highest BCUT2D eigenvalue weighted by Gasteiger charge is 2.45. The van der Waals surface area contributed by atoms with Gasteiger partial charge in [0.15, 0.2) is 0 Å². The zero-order valence-electron chi connectivity index (χ0n) is 14.2. The van der Waals surface area contributed by atoms with Gasteiger partial charge in [-0.2, -0.15) is 5.26 Å². The van der Waals surface area contributed by atoms with Crippen molar-refractivity contribution in [3.8, 4) is 11.8 Å². The molecule has 8 heteroatoms. The minimum absolute atomic E-state index is 0.0466. The monoisotopic (exact) mass is 383 g/mol. The smallest absolute Gasteiger partial charge is 0.222 e. The molecular formula is C19H15ClFN5O. The van der Waals surface area contributed by atoms with Crippen molar-refractivity contribution in [2.24, 2.45) is 5.92 Å². The first kappa shape index (κ1) is 17.4. The van der Waals surface area contributed by atoms with E-state index in [9.17, 15) is 4.39 Å². The molecule has 3 aromatic rings. The zero-order valence-corrected chi connectivity index (χ0v) is 14.9. The van der Waals surface area contributed by atoms with Crippen LogP contribution in [0.5, 0.6) is 5.75 Å². The quantitative estimate of drug-likeness (QED) is 0.655. The molecule has 2 heterocycles. The van der Waals surface area contributed by atoms with Crippen LogP contribution in [0.25, 0.3) is 10.8 Å². The van der Waals surface area contributed by atoms with Gasteiger partial charge in [0.05, 0.1) is 30.1 Å². The molecule has 6 nitrogen and oxygen atoms in total. The summed E-state index contributed by atoms with van der Waals surface area (Å²) in [6.07, 6.45) is 5.28. The number of nitrogens with zero attached hydrogens (tertiary/aromatic N) is 4. The normalized spacial score (nSPS) is 21.3. The average Bonchev–Trinajstić information content (AvgIpc) is 2.66. The average molecular weight is 384 g/mol. The Morgan fingerprint density at radius 3 is 2.78 bits per heavy atom. The van der Waals surface area contributed by atoms with Crippen LogP contribution in [0.2, 0.25) is 5.28 Å². The number of hydrogen-bond donors (Lipinski definition) is 1. The van der Waals surface area contributed by atoms with Crippen LogP contribution in [-0.2, 0) is 0 Å². The van der Waals surface area contributed by atoms with Crippen molar-refractivity contribution in [3.63, 3.8) is 0 Å². The molecule has 0 atom stereocenters. The summed E-state index contributed by atoms with van der Waals surface area (Å²) in [5.74, 6) is 1.02. The van der Waals surface area contributed by atoms with Crippen molar-refractivity contribution in [2.45, 2.75) is 18.5 Å².